The Balaban J connectivity index is 2.65. The molecule has 2 amide bonds. The Morgan fingerprint density at radius 2 is 2.13 bits per heavy atom. The molecule has 0 saturated carbocycles. The molecule has 0 aliphatic carbocycles. The minimum Gasteiger partial charge on any atom is -0.368 e. The Labute approximate surface area is 90.1 Å². The number of anilines is 1. The summed E-state index contributed by atoms with van der Waals surface area (Å²) in [5.41, 5.74) is 5.00. The van der Waals surface area contributed by atoms with E-state index in [4.69, 9.17) is 5.73 Å². The molecule has 15 heavy (non-hydrogen) atoms. The third kappa shape index (κ3) is 2.88. The van der Waals surface area contributed by atoms with Crippen molar-refractivity contribution in [2.45, 2.75) is 13.0 Å². The van der Waals surface area contributed by atoms with E-state index in [1.807, 2.05) is 0 Å². The minimum absolute atomic E-state index is 0.187. The highest BCUT2D eigenvalue weighted by molar-refractivity contribution is 7.17. The van der Waals surface area contributed by atoms with Gasteiger partial charge < -0.3 is 16.4 Å². The molecule has 1 atom stereocenters. The highest BCUT2D eigenvalue weighted by Crippen LogP contribution is 2.13. The van der Waals surface area contributed by atoms with Crippen LogP contribution in [-0.4, -0.2) is 35.1 Å². The van der Waals surface area contributed by atoms with E-state index in [1.165, 1.54) is 6.92 Å². The Morgan fingerprint density at radius 3 is 2.60 bits per heavy atom. The molecule has 1 aromatic heterocycles. The molecule has 0 radical (unpaired) electrons. The van der Waals surface area contributed by atoms with Gasteiger partial charge >= 0.3 is 0 Å². The zero-order chi connectivity index (χ0) is 11.4. The number of rotatable bonds is 4. The maximum absolute atomic E-state index is 11.5. The van der Waals surface area contributed by atoms with E-state index < -0.39 is 17.9 Å². The fraction of sp³-hybridized carbons (Fsp3) is 0.429. The first-order valence-corrected chi connectivity index (χ1v) is 4.97. The lowest BCUT2D eigenvalue weighted by Crippen LogP contribution is -2.42. The van der Waals surface area contributed by atoms with Crippen LogP contribution in [0.4, 0.5) is 5.13 Å². The van der Waals surface area contributed by atoms with Crippen molar-refractivity contribution in [3.05, 3.63) is 5.01 Å². The fourth-order valence-corrected chi connectivity index (χ4v) is 1.35. The molecule has 1 heterocycles. The van der Waals surface area contributed by atoms with Gasteiger partial charge in [0, 0.05) is 7.05 Å². The largest absolute Gasteiger partial charge is 0.368 e. The maximum atomic E-state index is 11.5. The van der Waals surface area contributed by atoms with Crippen molar-refractivity contribution in [1.29, 1.82) is 0 Å². The van der Waals surface area contributed by atoms with E-state index in [0.29, 0.717) is 5.13 Å². The van der Waals surface area contributed by atoms with Crippen molar-refractivity contribution in [1.82, 2.24) is 15.5 Å². The molecule has 82 valence electrons. The highest BCUT2D eigenvalue weighted by Gasteiger charge is 2.17. The van der Waals surface area contributed by atoms with Crippen molar-refractivity contribution in [3.63, 3.8) is 0 Å². The van der Waals surface area contributed by atoms with Crippen molar-refractivity contribution < 1.29 is 9.59 Å². The van der Waals surface area contributed by atoms with Crippen LogP contribution < -0.4 is 16.4 Å². The third-order valence-corrected chi connectivity index (χ3v) is 2.55. The van der Waals surface area contributed by atoms with Gasteiger partial charge in [-0.05, 0) is 6.92 Å². The third-order valence-electron chi connectivity index (χ3n) is 1.61. The first-order valence-electron chi connectivity index (χ1n) is 4.16. The lowest BCUT2D eigenvalue weighted by Gasteiger charge is -2.07. The first kappa shape index (κ1) is 11.4. The molecular weight excluding hydrogens is 218 g/mol. The average Bonchev–Trinajstić information content (AvgIpc) is 2.65. The SMILES string of the molecule is CNc1nnc(C(=O)NC(C)C(N)=O)s1. The highest BCUT2D eigenvalue weighted by atomic mass is 32.1. The summed E-state index contributed by atoms with van der Waals surface area (Å²) < 4.78 is 0. The topological polar surface area (TPSA) is 110 Å². The van der Waals surface area contributed by atoms with Gasteiger partial charge in [-0.2, -0.15) is 0 Å². The summed E-state index contributed by atoms with van der Waals surface area (Å²) in [6.45, 7) is 1.50. The number of hydrogen-bond acceptors (Lipinski definition) is 6. The van der Waals surface area contributed by atoms with E-state index >= 15 is 0 Å². The summed E-state index contributed by atoms with van der Waals surface area (Å²) in [6, 6.07) is -0.723. The van der Waals surface area contributed by atoms with E-state index in [2.05, 4.69) is 20.8 Å². The molecule has 0 aliphatic heterocycles. The van der Waals surface area contributed by atoms with Crippen LogP contribution in [0, 0.1) is 0 Å². The number of nitrogens with one attached hydrogen (secondary N) is 2. The quantitative estimate of drug-likeness (QED) is 0.625. The van der Waals surface area contributed by atoms with E-state index in [0.717, 1.165) is 11.3 Å². The predicted molar refractivity (Wildman–Crippen MR) is 55.6 cm³/mol. The lowest BCUT2D eigenvalue weighted by atomic mass is 10.3. The van der Waals surface area contributed by atoms with Crippen LogP contribution in [0.15, 0.2) is 0 Å². The van der Waals surface area contributed by atoms with Gasteiger partial charge in [0.25, 0.3) is 5.91 Å². The number of nitrogens with zero attached hydrogens (tertiary/aromatic N) is 2. The van der Waals surface area contributed by atoms with E-state index in [9.17, 15) is 9.59 Å². The van der Waals surface area contributed by atoms with Gasteiger partial charge in [0.2, 0.25) is 16.0 Å². The number of primary amides is 1. The number of nitrogens with two attached hydrogens (primary N) is 1. The maximum Gasteiger partial charge on any atom is 0.282 e. The second-order valence-corrected chi connectivity index (χ2v) is 3.74. The van der Waals surface area contributed by atoms with Crippen molar-refractivity contribution in [2.24, 2.45) is 5.73 Å². The molecule has 1 aromatic rings. The van der Waals surface area contributed by atoms with Gasteiger partial charge in [0.15, 0.2) is 0 Å². The van der Waals surface area contributed by atoms with Crippen molar-refractivity contribution in [3.8, 4) is 0 Å². The average molecular weight is 229 g/mol. The van der Waals surface area contributed by atoms with E-state index in [-0.39, 0.29) is 5.01 Å². The van der Waals surface area contributed by atoms with Gasteiger partial charge in [-0.3, -0.25) is 9.59 Å². The van der Waals surface area contributed by atoms with Crippen molar-refractivity contribution in [2.75, 3.05) is 12.4 Å². The second-order valence-electron chi connectivity index (χ2n) is 2.76. The molecule has 0 fully saturated rings. The minimum atomic E-state index is -0.723. The fourth-order valence-electron chi connectivity index (χ4n) is 0.746. The van der Waals surface area contributed by atoms with Crippen LogP contribution in [0.3, 0.4) is 0 Å². The summed E-state index contributed by atoms with van der Waals surface area (Å²) in [7, 11) is 1.67. The molecule has 0 aliphatic rings. The molecule has 1 rings (SSSR count). The lowest BCUT2D eigenvalue weighted by molar-refractivity contribution is -0.119. The summed E-state index contributed by atoms with van der Waals surface area (Å²) in [4.78, 5) is 22.1. The second kappa shape index (κ2) is 4.69. The Kier molecular flexibility index (Phi) is 3.56. The Morgan fingerprint density at radius 1 is 1.47 bits per heavy atom. The molecule has 8 heteroatoms. The normalized spacial score (nSPS) is 11.9. The molecule has 1 unspecified atom stereocenters. The smallest absolute Gasteiger partial charge is 0.282 e. The van der Waals surface area contributed by atoms with Gasteiger partial charge in [0.05, 0.1) is 0 Å². The van der Waals surface area contributed by atoms with Crippen LogP contribution in [0.2, 0.25) is 0 Å². The molecule has 4 N–H and O–H groups in total. The van der Waals surface area contributed by atoms with E-state index in [1.54, 1.807) is 7.05 Å². The number of carbonyl (C=O) groups is 2. The number of carbonyl (C=O) groups excluding carboxylic acids is 2. The number of aromatic nitrogens is 2. The van der Waals surface area contributed by atoms with Crippen molar-refractivity contribution >= 4 is 28.3 Å². The molecule has 0 spiro atoms. The Bertz CT molecular complexity index is 377. The number of hydrogen-bond donors (Lipinski definition) is 3. The van der Waals surface area contributed by atoms with Crippen LogP contribution >= 0.6 is 11.3 Å². The summed E-state index contributed by atoms with van der Waals surface area (Å²) in [6.07, 6.45) is 0. The van der Waals surface area contributed by atoms with Crippen LogP contribution in [0.25, 0.3) is 0 Å². The zero-order valence-corrected chi connectivity index (χ0v) is 9.09. The van der Waals surface area contributed by atoms with Gasteiger partial charge in [-0.25, -0.2) is 0 Å². The number of amides is 2. The molecule has 0 aromatic carbocycles. The molecular formula is C7H11N5O2S. The summed E-state index contributed by atoms with van der Waals surface area (Å²) >= 11 is 1.10. The standard InChI is InChI=1S/C7H11N5O2S/c1-3(4(8)13)10-5(14)6-11-12-7(9-2)15-6/h3H,1-2H3,(H2,8,13)(H,9,12)(H,10,14). The molecule has 7 nitrogen and oxygen atoms in total. The zero-order valence-electron chi connectivity index (χ0n) is 8.27. The monoisotopic (exact) mass is 229 g/mol. The van der Waals surface area contributed by atoms with Crippen LogP contribution in [-0.2, 0) is 4.79 Å². The summed E-state index contributed by atoms with van der Waals surface area (Å²) in [5.74, 6) is -1.05. The van der Waals surface area contributed by atoms with Gasteiger partial charge in [0.1, 0.15) is 6.04 Å². The summed E-state index contributed by atoms with van der Waals surface area (Å²) in [5, 5.41) is 13.2. The predicted octanol–water partition coefficient (Wildman–Crippen LogP) is -0.817. The van der Waals surface area contributed by atoms with Crippen LogP contribution in [0.5, 0.6) is 0 Å². The first-order chi connectivity index (χ1) is 7.04. The molecule has 0 bridgehead atoms. The Hall–Kier alpha value is -1.70. The van der Waals surface area contributed by atoms with Gasteiger partial charge in [-0.1, -0.05) is 11.3 Å². The molecule has 0 saturated heterocycles. The van der Waals surface area contributed by atoms with Gasteiger partial charge in [-0.15, -0.1) is 10.2 Å². The van der Waals surface area contributed by atoms with Crippen LogP contribution in [0.1, 0.15) is 16.7 Å².